The molecule has 1 N–H and O–H groups in total. The van der Waals surface area contributed by atoms with Crippen LogP contribution < -0.4 is 9.63 Å². The Morgan fingerprint density at radius 3 is 2.10 bits per heavy atom. The molecule has 0 atom stereocenters. The summed E-state index contributed by atoms with van der Waals surface area (Å²) in [7, 11) is -1.83. The summed E-state index contributed by atoms with van der Waals surface area (Å²) in [6, 6.07) is 6.36. The maximum atomic E-state index is 11.0. The first-order valence-electron chi connectivity index (χ1n) is 5.47. The highest BCUT2D eigenvalue weighted by atomic mass is 35.5. The van der Waals surface area contributed by atoms with Gasteiger partial charge < -0.3 is 23.8 Å². The van der Waals surface area contributed by atoms with Crippen LogP contribution in [0.4, 0.5) is 0 Å². The van der Waals surface area contributed by atoms with Gasteiger partial charge in [-0.25, -0.2) is 4.79 Å². The summed E-state index contributed by atoms with van der Waals surface area (Å²) in [5, 5.41) is 9.35. The second kappa shape index (κ2) is 9.55. The SMILES string of the molecule is C/C(O)=C/C(=O)Oc1ccc(Cl)cc1.COP(=O)([O-])OC. The van der Waals surface area contributed by atoms with Gasteiger partial charge in [0.2, 0.25) is 0 Å². The molecule has 0 aliphatic carbocycles. The van der Waals surface area contributed by atoms with Crippen molar-refractivity contribution >= 4 is 25.4 Å². The van der Waals surface area contributed by atoms with Crippen molar-refractivity contribution in [3.63, 3.8) is 0 Å². The predicted molar refractivity (Wildman–Crippen MR) is 75.1 cm³/mol. The van der Waals surface area contributed by atoms with Crippen LogP contribution >= 0.6 is 19.4 Å². The third-order valence-electron chi connectivity index (χ3n) is 1.81. The van der Waals surface area contributed by atoms with Gasteiger partial charge in [-0.3, -0.25) is 4.57 Å². The average molecular weight is 338 g/mol. The normalized spacial score (nSPS) is 11.4. The number of phosphoric ester groups is 1. The highest BCUT2D eigenvalue weighted by Gasteiger charge is 2.01. The van der Waals surface area contributed by atoms with Crippen LogP contribution in [0.15, 0.2) is 36.1 Å². The summed E-state index contributed by atoms with van der Waals surface area (Å²) in [6.45, 7) is 1.39. The van der Waals surface area contributed by atoms with E-state index in [1.54, 1.807) is 24.3 Å². The summed E-state index contributed by atoms with van der Waals surface area (Å²) in [5.41, 5.74) is 0. The monoisotopic (exact) mass is 337 g/mol. The Kier molecular flexibility index (Phi) is 8.92. The Labute approximate surface area is 127 Å². The van der Waals surface area contributed by atoms with Crippen molar-refractivity contribution < 1.29 is 33.1 Å². The predicted octanol–water partition coefficient (Wildman–Crippen LogP) is 2.45. The minimum absolute atomic E-state index is 0.0936. The van der Waals surface area contributed by atoms with Crippen molar-refractivity contribution in [2.75, 3.05) is 14.2 Å². The molecule has 0 spiro atoms. The Balaban J connectivity index is 0.000000486. The summed E-state index contributed by atoms with van der Waals surface area (Å²) in [6.07, 6.45) is 0.995. The zero-order valence-electron chi connectivity index (χ0n) is 11.6. The lowest BCUT2D eigenvalue weighted by Crippen LogP contribution is -2.04. The van der Waals surface area contributed by atoms with Crippen LogP contribution in [0.25, 0.3) is 0 Å². The topological polar surface area (TPSA) is 105 Å². The molecular formula is C12H15ClO7P-. The molecule has 0 amide bonds. The minimum Gasteiger partial charge on any atom is -0.756 e. The van der Waals surface area contributed by atoms with Crippen LogP contribution in [0.3, 0.4) is 0 Å². The molecule has 0 radical (unpaired) electrons. The van der Waals surface area contributed by atoms with Gasteiger partial charge in [0.05, 0.1) is 11.8 Å². The van der Waals surface area contributed by atoms with Crippen molar-refractivity contribution in [1.82, 2.24) is 0 Å². The van der Waals surface area contributed by atoms with Crippen LogP contribution in [0.1, 0.15) is 6.92 Å². The summed E-state index contributed by atoms with van der Waals surface area (Å²) < 4.78 is 22.5. The van der Waals surface area contributed by atoms with E-state index in [-0.39, 0.29) is 5.76 Å². The molecule has 0 saturated carbocycles. The van der Waals surface area contributed by atoms with Gasteiger partial charge in [0, 0.05) is 19.2 Å². The van der Waals surface area contributed by atoms with Crippen LogP contribution in [-0.2, 0) is 18.4 Å². The maximum Gasteiger partial charge on any atom is 0.339 e. The third-order valence-corrected chi connectivity index (χ3v) is 2.95. The second-order valence-electron chi connectivity index (χ2n) is 3.47. The van der Waals surface area contributed by atoms with Gasteiger partial charge in [0.15, 0.2) is 0 Å². The number of carbonyl (C=O) groups excluding carboxylic acids is 1. The summed E-state index contributed by atoms with van der Waals surface area (Å²) in [4.78, 5) is 21.0. The largest absolute Gasteiger partial charge is 0.756 e. The quantitative estimate of drug-likeness (QED) is 0.296. The van der Waals surface area contributed by atoms with Crippen LogP contribution in [-0.4, -0.2) is 25.3 Å². The van der Waals surface area contributed by atoms with E-state index in [4.69, 9.17) is 21.4 Å². The maximum absolute atomic E-state index is 11.0. The van der Waals surface area contributed by atoms with Crippen molar-refractivity contribution in [3.8, 4) is 5.75 Å². The molecule has 1 aromatic carbocycles. The van der Waals surface area contributed by atoms with Crippen molar-refractivity contribution in [1.29, 1.82) is 0 Å². The number of phosphoric acid groups is 1. The third kappa shape index (κ3) is 10.1. The first-order chi connectivity index (χ1) is 9.70. The van der Waals surface area contributed by atoms with Crippen molar-refractivity contribution in [2.45, 2.75) is 6.92 Å². The van der Waals surface area contributed by atoms with E-state index >= 15 is 0 Å². The Bertz CT molecular complexity index is 515. The number of halogens is 1. The van der Waals surface area contributed by atoms with Gasteiger partial charge in [0.1, 0.15) is 5.75 Å². The van der Waals surface area contributed by atoms with E-state index in [9.17, 15) is 14.3 Å². The molecule has 0 fully saturated rings. The minimum atomic E-state index is -3.90. The van der Waals surface area contributed by atoms with E-state index in [0.717, 1.165) is 20.3 Å². The van der Waals surface area contributed by atoms with E-state index in [2.05, 4.69) is 9.05 Å². The molecular weight excluding hydrogens is 323 g/mol. The number of hydrogen-bond acceptors (Lipinski definition) is 7. The number of allylic oxidation sites excluding steroid dienone is 1. The van der Waals surface area contributed by atoms with Crippen LogP contribution in [0.5, 0.6) is 5.75 Å². The van der Waals surface area contributed by atoms with Gasteiger partial charge in [-0.05, 0) is 31.2 Å². The molecule has 0 saturated heterocycles. The highest BCUT2D eigenvalue weighted by Crippen LogP contribution is 2.34. The van der Waals surface area contributed by atoms with E-state index < -0.39 is 13.8 Å². The second-order valence-corrected chi connectivity index (χ2v) is 5.53. The van der Waals surface area contributed by atoms with Gasteiger partial charge in [-0.1, -0.05) is 11.6 Å². The zero-order chi connectivity index (χ0) is 16.5. The first-order valence-corrected chi connectivity index (χ1v) is 7.31. The average Bonchev–Trinajstić information content (AvgIpc) is 2.41. The lowest BCUT2D eigenvalue weighted by molar-refractivity contribution is -0.220. The van der Waals surface area contributed by atoms with E-state index in [1.165, 1.54) is 6.92 Å². The fourth-order valence-electron chi connectivity index (χ4n) is 0.893. The zero-order valence-corrected chi connectivity index (χ0v) is 13.3. The number of benzene rings is 1. The molecule has 0 heterocycles. The van der Waals surface area contributed by atoms with E-state index in [0.29, 0.717) is 10.8 Å². The first kappa shape index (κ1) is 19.6. The molecule has 0 aromatic heterocycles. The van der Waals surface area contributed by atoms with Crippen LogP contribution in [0, 0.1) is 0 Å². The van der Waals surface area contributed by atoms with Crippen LogP contribution in [0.2, 0.25) is 5.02 Å². The standard InChI is InChI=1S/C10H9ClO3.C2H7O4P/c1-7(12)6-10(13)14-9-4-2-8(11)3-5-9;1-5-7(3,4)6-2/h2-6,12H,1H3;1-2H3,(H,3,4)/p-1/b7-6-;. The number of hydrogen-bond donors (Lipinski definition) is 1. The number of carbonyl (C=O) groups is 1. The molecule has 7 nitrogen and oxygen atoms in total. The van der Waals surface area contributed by atoms with Crippen molar-refractivity contribution in [3.05, 3.63) is 41.1 Å². The molecule has 9 heteroatoms. The molecule has 0 aliphatic rings. The van der Waals surface area contributed by atoms with Gasteiger partial charge in [-0.15, -0.1) is 0 Å². The Hall–Kier alpha value is -1.37. The molecule has 118 valence electrons. The Morgan fingerprint density at radius 2 is 1.76 bits per heavy atom. The molecule has 0 aliphatic heterocycles. The molecule has 0 unspecified atom stereocenters. The number of aliphatic hydroxyl groups is 1. The van der Waals surface area contributed by atoms with Gasteiger partial charge in [0.25, 0.3) is 7.82 Å². The van der Waals surface area contributed by atoms with Gasteiger partial charge in [-0.2, -0.15) is 0 Å². The lowest BCUT2D eigenvalue weighted by Gasteiger charge is -2.16. The fraction of sp³-hybridized carbons (Fsp3) is 0.250. The highest BCUT2D eigenvalue weighted by molar-refractivity contribution is 7.45. The fourth-order valence-corrected chi connectivity index (χ4v) is 1.17. The van der Waals surface area contributed by atoms with E-state index in [1.807, 2.05) is 0 Å². The Morgan fingerprint density at radius 1 is 1.29 bits per heavy atom. The van der Waals surface area contributed by atoms with Gasteiger partial charge >= 0.3 is 5.97 Å². The number of esters is 1. The smallest absolute Gasteiger partial charge is 0.339 e. The molecule has 1 rings (SSSR count). The summed E-state index contributed by atoms with van der Waals surface area (Å²) in [5.74, 6) is -0.326. The molecule has 1 aromatic rings. The number of ether oxygens (including phenoxy) is 1. The number of aliphatic hydroxyl groups excluding tert-OH is 1. The summed E-state index contributed by atoms with van der Waals surface area (Å²) >= 11 is 5.64. The molecule has 0 bridgehead atoms. The van der Waals surface area contributed by atoms with Crippen molar-refractivity contribution in [2.24, 2.45) is 0 Å². The lowest BCUT2D eigenvalue weighted by atomic mass is 10.3. The molecule has 21 heavy (non-hydrogen) atoms. The number of rotatable bonds is 4.